The van der Waals surface area contributed by atoms with Crippen LogP contribution in [0.3, 0.4) is 0 Å². The molecule has 0 aliphatic carbocycles. The molecule has 3 saturated heterocycles. The number of hydrogen-bond acceptors (Lipinski definition) is 12. The van der Waals surface area contributed by atoms with Crippen molar-refractivity contribution in [3.05, 3.63) is 94.9 Å². The van der Waals surface area contributed by atoms with Gasteiger partial charge in [0.1, 0.15) is 17.7 Å². The van der Waals surface area contributed by atoms with Crippen molar-refractivity contribution in [3.8, 4) is 0 Å². The monoisotopic (exact) mass is 852 g/mol. The Hall–Kier alpha value is -5.49. The molecule has 61 heavy (non-hydrogen) atoms. The van der Waals surface area contributed by atoms with E-state index in [9.17, 15) is 22.8 Å². The van der Waals surface area contributed by atoms with Gasteiger partial charge in [-0.2, -0.15) is 4.98 Å². The molecule has 1 aromatic heterocycles. The summed E-state index contributed by atoms with van der Waals surface area (Å²) in [7, 11) is -3.70. The predicted octanol–water partition coefficient (Wildman–Crippen LogP) is 5.04. The number of aromatic nitrogens is 2. The highest BCUT2D eigenvalue weighted by Crippen LogP contribution is 2.31. The van der Waals surface area contributed by atoms with Gasteiger partial charge in [-0.3, -0.25) is 29.5 Å². The van der Waals surface area contributed by atoms with Crippen LogP contribution >= 0.6 is 0 Å². The zero-order valence-corrected chi connectivity index (χ0v) is 35.8. The van der Waals surface area contributed by atoms with Crippen molar-refractivity contribution in [1.29, 1.82) is 0 Å². The second kappa shape index (κ2) is 17.1. The summed E-state index contributed by atoms with van der Waals surface area (Å²) in [5.74, 6) is -0.621. The van der Waals surface area contributed by atoms with Crippen LogP contribution in [0, 0.1) is 12.7 Å². The molecular weight excluding hydrogens is 800 g/mol. The number of sulfonamides is 1. The topological polar surface area (TPSA) is 172 Å². The van der Waals surface area contributed by atoms with E-state index in [2.05, 4.69) is 57.5 Å². The fraction of sp³-hybridized carbons (Fsp3) is 0.432. The quantitative estimate of drug-likeness (QED) is 0.149. The zero-order chi connectivity index (χ0) is 43.1. The number of benzene rings is 3. The molecule has 1 atom stereocenters. The third kappa shape index (κ3) is 9.70. The van der Waals surface area contributed by atoms with Crippen LogP contribution < -0.4 is 25.6 Å². The minimum absolute atomic E-state index is 0.160. The predicted molar refractivity (Wildman–Crippen MR) is 231 cm³/mol. The molecule has 0 saturated carbocycles. The Balaban J connectivity index is 0.803. The molecule has 1 unspecified atom stereocenters. The number of rotatable bonds is 11. The van der Waals surface area contributed by atoms with E-state index in [4.69, 9.17) is 0 Å². The van der Waals surface area contributed by atoms with E-state index in [0.717, 1.165) is 74.6 Å². The first kappa shape index (κ1) is 42.2. The van der Waals surface area contributed by atoms with Gasteiger partial charge >= 0.3 is 0 Å². The van der Waals surface area contributed by atoms with Crippen LogP contribution in [0.1, 0.15) is 73.5 Å². The SMILES string of the molecule is Cc1cnc(Nc2ccc(N3CCC(N4CCN(Cc5cc6c(cc5F)C(=O)N(C5CCC(=O)NC5=O)C6)CC4)CC3)cc2)nc1Nc1cccc(S(=O)(=O)NC(C)(C)C)c1. The molecular formula is C44H53FN10O5S. The van der Waals surface area contributed by atoms with Gasteiger partial charge in [0, 0.05) is 110 Å². The summed E-state index contributed by atoms with van der Waals surface area (Å²) in [6.45, 7) is 13.3. The molecule has 0 radical (unpaired) electrons. The maximum Gasteiger partial charge on any atom is 0.255 e. The second-order valence-corrected chi connectivity index (χ2v) is 19.1. The highest BCUT2D eigenvalue weighted by atomic mass is 32.2. The Labute approximate surface area is 356 Å². The van der Waals surface area contributed by atoms with Crippen molar-refractivity contribution in [2.45, 2.75) is 89.0 Å². The van der Waals surface area contributed by atoms with Crippen LogP contribution in [-0.2, 0) is 32.7 Å². The van der Waals surface area contributed by atoms with Gasteiger partial charge in [-0.1, -0.05) is 6.07 Å². The Bertz CT molecular complexity index is 2430. The molecule has 4 N–H and O–H groups in total. The molecule has 15 nitrogen and oxygen atoms in total. The van der Waals surface area contributed by atoms with Gasteiger partial charge < -0.3 is 20.4 Å². The normalized spacial score (nSPS) is 19.6. The van der Waals surface area contributed by atoms with E-state index in [1.807, 2.05) is 19.1 Å². The number of amides is 3. The first-order valence-corrected chi connectivity index (χ1v) is 22.4. The van der Waals surface area contributed by atoms with Gasteiger partial charge in [0.2, 0.25) is 27.8 Å². The first-order chi connectivity index (χ1) is 29.1. The Morgan fingerprint density at radius 3 is 2.33 bits per heavy atom. The lowest BCUT2D eigenvalue weighted by Crippen LogP contribution is -2.53. The third-order valence-electron chi connectivity index (χ3n) is 11.8. The summed E-state index contributed by atoms with van der Waals surface area (Å²) in [4.78, 5) is 55.2. The minimum atomic E-state index is -3.70. The second-order valence-electron chi connectivity index (χ2n) is 17.4. The van der Waals surface area contributed by atoms with Gasteiger partial charge in [0.15, 0.2) is 0 Å². The number of piperazine rings is 1. The summed E-state index contributed by atoms with van der Waals surface area (Å²) in [5, 5.41) is 8.86. The Morgan fingerprint density at radius 2 is 1.62 bits per heavy atom. The summed E-state index contributed by atoms with van der Waals surface area (Å²) < 4.78 is 43.9. The number of carbonyl (C=O) groups excluding carboxylic acids is 3. The molecule has 17 heteroatoms. The number of nitrogens with one attached hydrogen (secondary N) is 4. The molecule has 322 valence electrons. The molecule has 8 rings (SSSR count). The maximum atomic E-state index is 15.3. The smallest absolute Gasteiger partial charge is 0.255 e. The average Bonchev–Trinajstić information content (AvgIpc) is 3.53. The standard InChI is InChI=1S/C44H53FN10O5S/c1-28-25-46-43(50-40(28)47-32-6-5-7-35(23-32)61(59,60)51-44(2,3)4)48-31-8-10-33(11-9-31)53-16-14-34(15-17-53)54-20-18-52(19-21-54)26-30-22-29-27-55(42(58)36(29)24-37(30)45)38-12-13-39(56)49-41(38)57/h5-11,22-25,34,38,51H,12-21,26-27H2,1-4H3,(H,49,56,57)(H2,46,47,48,50). The van der Waals surface area contributed by atoms with Crippen molar-refractivity contribution < 1.29 is 27.2 Å². The first-order valence-electron chi connectivity index (χ1n) is 20.9. The zero-order valence-electron chi connectivity index (χ0n) is 35.0. The lowest BCUT2D eigenvalue weighted by atomic mass is 10.0. The van der Waals surface area contributed by atoms with Crippen LogP contribution in [0.15, 0.2) is 71.8 Å². The molecule has 0 spiro atoms. The van der Waals surface area contributed by atoms with Gasteiger partial charge in [-0.15, -0.1) is 0 Å². The van der Waals surface area contributed by atoms with Crippen molar-refractivity contribution in [2.24, 2.45) is 0 Å². The molecule has 4 aliphatic rings. The molecule has 3 amide bonds. The van der Waals surface area contributed by atoms with Crippen molar-refractivity contribution in [2.75, 3.05) is 54.8 Å². The molecule has 5 heterocycles. The number of fused-ring (bicyclic) bond motifs is 1. The lowest BCUT2D eigenvalue weighted by molar-refractivity contribution is -0.136. The van der Waals surface area contributed by atoms with Gasteiger partial charge in [0.25, 0.3) is 5.91 Å². The summed E-state index contributed by atoms with van der Waals surface area (Å²) in [6.07, 6.45) is 4.26. The van der Waals surface area contributed by atoms with Gasteiger partial charge in [0.05, 0.1) is 4.90 Å². The number of nitrogens with zero attached hydrogens (tertiary/aromatic N) is 6. The van der Waals surface area contributed by atoms with E-state index >= 15 is 4.39 Å². The van der Waals surface area contributed by atoms with Gasteiger partial charge in [-0.25, -0.2) is 22.5 Å². The van der Waals surface area contributed by atoms with Crippen LogP contribution in [0.25, 0.3) is 0 Å². The average molecular weight is 853 g/mol. The van der Waals surface area contributed by atoms with E-state index in [1.165, 1.54) is 11.0 Å². The number of hydrogen-bond donors (Lipinski definition) is 4. The Morgan fingerprint density at radius 1 is 0.885 bits per heavy atom. The maximum absolute atomic E-state index is 15.3. The summed E-state index contributed by atoms with van der Waals surface area (Å²) in [5.41, 5.74) is 4.34. The largest absolute Gasteiger partial charge is 0.371 e. The van der Waals surface area contributed by atoms with E-state index in [0.29, 0.717) is 41.2 Å². The number of anilines is 5. The number of aryl methyl sites for hydroxylation is 1. The van der Waals surface area contributed by atoms with E-state index in [1.54, 1.807) is 57.3 Å². The summed E-state index contributed by atoms with van der Waals surface area (Å²) >= 11 is 0. The molecule has 4 aromatic rings. The van der Waals surface area contributed by atoms with Crippen LogP contribution in [0.4, 0.5) is 33.2 Å². The van der Waals surface area contributed by atoms with Crippen LogP contribution in [-0.4, -0.2) is 108 Å². The van der Waals surface area contributed by atoms with E-state index < -0.39 is 33.3 Å². The highest BCUT2D eigenvalue weighted by molar-refractivity contribution is 7.89. The fourth-order valence-corrected chi connectivity index (χ4v) is 10.1. The lowest BCUT2D eigenvalue weighted by Gasteiger charge is -2.43. The molecule has 3 fully saturated rings. The van der Waals surface area contributed by atoms with Crippen molar-refractivity contribution in [3.63, 3.8) is 0 Å². The molecule has 0 bridgehead atoms. The van der Waals surface area contributed by atoms with Gasteiger partial charge in [-0.05, 0) is 107 Å². The van der Waals surface area contributed by atoms with Crippen LogP contribution in [0.5, 0.6) is 0 Å². The number of piperidine rings is 2. The van der Waals surface area contributed by atoms with Crippen LogP contribution in [0.2, 0.25) is 0 Å². The molecule has 4 aliphatic heterocycles. The third-order valence-corrected chi connectivity index (χ3v) is 13.5. The number of carbonyl (C=O) groups is 3. The minimum Gasteiger partial charge on any atom is -0.371 e. The highest BCUT2D eigenvalue weighted by Gasteiger charge is 2.40. The number of imide groups is 1. The molecule has 3 aromatic carbocycles. The van der Waals surface area contributed by atoms with Crippen molar-refractivity contribution >= 4 is 56.6 Å². The summed E-state index contributed by atoms with van der Waals surface area (Å²) in [6, 6.07) is 17.7. The Kier molecular flexibility index (Phi) is 11.8. The van der Waals surface area contributed by atoms with Crippen molar-refractivity contribution in [1.82, 2.24) is 34.7 Å². The van der Waals surface area contributed by atoms with E-state index in [-0.39, 0.29) is 36.1 Å². The number of halogens is 1. The fourth-order valence-electron chi connectivity index (χ4n) is 8.63.